The number of aryl methyl sites for hydroxylation is 1. The third kappa shape index (κ3) is 2.45. The Morgan fingerprint density at radius 3 is 1.85 bits per heavy atom. The van der Waals surface area contributed by atoms with Crippen LogP contribution in [0.4, 0.5) is 0 Å². The van der Waals surface area contributed by atoms with E-state index in [9.17, 15) is 0 Å². The van der Waals surface area contributed by atoms with E-state index in [0.29, 0.717) is 6.61 Å². The van der Waals surface area contributed by atoms with Crippen molar-refractivity contribution >= 4 is 0 Å². The Kier molecular flexibility index (Phi) is 4.17. The van der Waals surface area contributed by atoms with Gasteiger partial charge in [0.05, 0.1) is 6.61 Å². The molecule has 20 heavy (non-hydrogen) atoms. The second kappa shape index (κ2) is 5.70. The Morgan fingerprint density at radius 2 is 1.25 bits per heavy atom. The highest BCUT2D eigenvalue weighted by Crippen LogP contribution is 2.34. The van der Waals surface area contributed by atoms with Crippen LogP contribution in [0.2, 0.25) is 0 Å². The van der Waals surface area contributed by atoms with Crippen molar-refractivity contribution in [2.24, 2.45) is 0 Å². The van der Waals surface area contributed by atoms with Crippen molar-refractivity contribution in [2.75, 3.05) is 6.61 Å². The lowest BCUT2D eigenvalue weighted by atomic mass is 9.90. The van der Waals surface area contributed by atoms with Gasteiger partial charge in [0.2, 0.25) is 0 Å². The molecule has 0 saturated carbocycles. The van der Waals surface area contributed by atoms with Crippen LogP contribution >= 0.6 is 0 Å². The van der Waals surface area contributed by atoms with Gasteiger partial charge in [-0.1, -0.05) is 18.2 Å². The largest absolute Gasteiger partial charge is 0.494 e. The molecule has 1 nitrogen and oxygen atoms in total. The Bertz CT molecular complexity index is 639. The first-order valence-corrected chi connectivity index (χ1v) is 7.27. The summed E-state index contributed by atoms with van der Waals surface area (Å²) in [5, 5.41) is 0. The molecule has 0 heterocycles. The molecule has 0 aliphatic heterocycles. The maximum atomic E-state index is 5.68. The van der Waals surface area contributed by atoms with Crippen LogP contribution in [-0.4, -0.2) is 6.61 Å². The number of hydrogen-bond donors (Lipinski definition) is 0. The summed E-state index contributed by atoms with van der Waals surface area (Å²) in [6.07, 6.45) is 0. The van der Waals surface area contributed by atoms with Gasteiger partial charge in [0.15, 0.2) is 0 Å². The van der Waals surface area contributed by atoms with E-state index < -0.39 is 0 Å². The van der Waals surface area contributed by atoms with Gasteiger partial charge in [-0.25, -0.2) is 0 Å². The third-order valence-electron chi connectivity index (χ3n) is 4.39. The van der Waals surface area contributed by atoms with E-state index in [1.165, 1.54) is 38.9 Å². The maximum Gasteiger partial charge on any atom is 0.122 e. The van der Waals surface area contributed by atoms with Crippen LogP contribution in [-0.2, 0) is 0 Å². The van der Waals surface area contributed by atoms with Crippen molar-refractivity contribution in [3.63, 3.8) is 0 Å². The van der Waals surface area contributed by atoms with Gasteiger partial charge in [0, 0.05) is 0 Å². The highest BCUT2D eigenvalue weighted by molar-refractivity contribution is 5.74. The molecule has 106 valence electrons. The van der Waals surface area contributed by atoms with Gasteiger partial charge >= 0.3 is 0 Å². The van der Waals surface area contributed by atoms with Gasteiger partial charge in [0.25, 0.3) is 0 Å². The van der Waals surface area contributed by atoms with Gasteiger partial charge in [-0.2, -0.15) is 0 Å². The van der Waals surface area contributed by atoms with Crippen LogP contribution in [0.25, 0.3) is 11.1 Å². The van der Waals surface area contributed by atoms with Crippen LogP contribution in [0.5, 0.6) is 5.75 Å². The van der Waals surface area contributed by atoms with E-state index in [2.05, 4.69) is 58.9 Å². The monoisotopic (exact) mass is 268 g/mol. The summed E-state index contributed by atoms with van der Waals surface area (Å²) in [6.45, 7) is 13.6. The molecule has 2 aromatic carbocycles. The molecule has 0 aliphatic carbocycles. The molecule has 0 aromatic heterocycles. The van der Waals surface area contributed by atoms with E-state index in [0.717, 1.165) is 5.75 Å². The Balaban J connectivity index is 2.60. The SMILES string of the molecule is CCOc1ccc(-c2ccc(C)c(C)c2C)c(C)c1C. The van der Waals surface area contributed by atoms with E-state index in [1.54, 1.807) is 0 Å². The average molecular weight is 268 g/mol. The quantitative estimate of drug-likeness (QED) is 0.734. The molecule has 0 aliphatic rings. The minimum atomic E-state index is 0.711. The predicted molar refractivity (Wildman–Crippen MR) is 86.7 cm³/mol. The minimum Gasteiger partial charge on any atom is -0.494 e. The molecule has 1 heteroatoms. The molecule has 0 bridgehead atoms. The lowest BCUT2D eigenvalue weighted by Gasteiger charge is -2.17. The Morgan fingerprint density at radius 1 is 0.700 bits per heavy atom. The second-order valence-corrected chi connectivity index (χ2v) is 5.47. The molecule has 0 amide bonds. The van der Waals surface area contributed by atoms with Crippen LogP contribution < -0.4 is 4.74 Å². The number of hydrogen-bond acceptors (Lipinski definition) is 1. The lowest BCUT2D eigenvalue weighted by Crippen LogP contribution is -1.98. The fourth-order valence-corrected chi connectivity index (χ4v) is 2.65. The standard InChI is InChI=1S/C19H24O/c1-7-20-19-11-10-18(15(5)16(19)6)17-9-8-12(2)13(3)14(17)4/h8-11H,7H2,1-6H3. The van der Waals surface area contributed by atoms with Crippen molar-refractivity contribution in [1.82, 2.24) is 0 Å². The first-order valence-electron chi connectivity index (χ1n) is 7.27. The first kappa shape index (κ1) is 14.6. The summed E-state index contributed by atoms with van der Waals surface area (Å²) < 4.78 is 5.68. The van der Waals surface area contributed by atoms with E-state index >= 15 is 0 Å². The zero-order chi connectivity index (χ0) is 14.9. The second-order valence-electron chi connectivity index (χ2n) is 5.47. The topological polar surface area (TPSA) is 9.23 Å². The molecule has 0 unspecified atom stereocenters. The zero-order valence-electron chi connectivity index (χ0n) is 13.4. The van der Waals surface area contributed by atoms with Crippen LogP contribution in [0.1, 0.15) is 34.7 Å². The Hall–Kier alpha value is -1.76. The van der Waals surface area contributed by atoms with E-state index in [-0.39, 0.29) is 0 Å². The number of benzene rings is 2. The highest BCUT2D eigenvalue weighted by Gasteiger charge is 2.12. The van der Waals surface area contributed by atoms with Crippen molar-refractivity contribution in [1.29, 1.82) is 0 Å². The van der Waals surface area contributed by atoms with Crippen LogP contribution in [0.15, 0.2) is 24.3 Å². The molecular formula is C19H24O. The molecular weight excluding hydrogens is 244 g/mol. The molecule has 0 fully saturated rings. The fourth-order valence-electron chi connectivity index (χ4n) is 2.65. The highest BCUT2D eigenvalue weighted by atomic mass is 16.5. The van der Waals surface area contributed by atoms with Crippen molar-refractivity contribution in [3.8, 4) is 16.9 Å². The van der Waals surface area contributed by atoms with E-state index in [1.807, 2.05) is 6.92 Å². The van der Waals surface area contributed by atoms with E-state index in [4.69, 9.17) is 4.74 Å². The maximum absolute atomic E-state index is 5.68. The molecule has 0 atom stereocenters. The molecule has 0 saturated heterocycles. The van der Waals surface area contributed by atoms with Crippen molar-refractivity contribution in [2.45, 2.75) is 41.5 Å². The van der Waals surface area contributed by atoms with Crippen molar-refractivity contribution in [3.05, 3.63) is 52.1 Å². The summed E-state index contributed by atoms with van der Waals surface area (Å²) in [4.78, 5) is 0. The summed E-state index contributed by atoms with van der Waals surface area (Å²) in [6, 6.07) is 8.73. The van der Waals surface area contributed by atoms with Gasteiger partial charge in [-0.3, -0.25) is 0 Å². The first-order chi connectivity index (χ1) is 9.47. The van der Waals surface area contributed by atoms with Crippen LogP contribution in [0, 0.1) is 34.6 Å². The number of rotatable bonds is 3. The molecule has 0 spiro atoms. The van der Waals surface area contributed by atoms with Gasteiger partial charge in [-0.05, 0) is 86.6 Å². The van der Waals surface area contributed by atoms with Gasteiger partial charge in [-0.15, -0.1) is 0 Å². The lowest BCUT2D eigenvalue weighted by molar-refractivity contribution is 0.337. The molecule has 2 rings (SSSR count). The van der Waals surface area contributed by atoms with Gasteiger partial charge in [0.1, 0.15) is 5.75 Å². The Labute approximate surface area is 122 Å². The third-order valence-corrected chi connectivity index (χ3v) is 4.39. The summed E-state index contributed by atoms with van der Waals surface area (Å²) in [5.74, 6) is 0.996. The average Bonchev–Trinajstić information content (AvgIpc) is 2.43. The normalized spacial score (nSPS) is 10.7. The summed E-state index contributed by atoms with van der Waals surface area (Å²) in [7, 11) is 0. The van der Waals surface area contributed by atoms with Crippen molar-refractivity contribution < 1.29 is 4.74 Å². The molecule has 0 N–H and O–H groups in total. The van der Waals surface area contributed by atoms with Gasteiger partial charge < -0.3 is 4.74 Å². The predicted octanol–water partition coefficient (Wildman–Crippen LogP) is 5.29. The summed E-state index contributed by atoms with van der Waals surface area (Å²) >= 11 is 0. The fraction of sp³-hybridized carbons (Fsp3) is 0.368. The molecule has 2 aromatic rings. The van der Waals surface area contributed by atoms with Crippen LogP contribution in [0.3, 0.4) is 0 Å². The summed E-state index contributed by atoms with van der Waals surface area (Å²) in [5.41, 5.74) is 9.30. The minimum absolute atomic E-state index is 0.711. The molecule has 0 radical (unpaired) electrons. The smallest absolute Gasteiger partial charge is 0.122 e. The number of ether oxygens (including phenoxy) is 1. The zero-order valence-corrected chi connectivity index (χ0v) is 13.4.